The van der Waals surface area contributed by atoms with Gasteiger partial charge in [0.2, 0.25) is 0 Å². The molecule has 0 amide bonds. The lowest BCUT2D eigenvalue weighted by molar-refractivity contribution is 0.203. The number of nitrogens with one attached hydrogen (secondary N) is 1. The number of benzene rings is 1. The summed E-state index contributed by atoms with van der Waals surface area (Å²) in [5.74, 6) is -0.304. The van der Waals surface area contributed by atoms with Crippen molar-refractivity contribution in [1.29, 1.82) is 0 Å². The van der Waals surface area contributed by atoms with E-state index in [1.54, 1.807) is 6.07 Å². The van der Waals surface area contributed by atoms with Crippen LogP contribution in [0.1, 0.15) is 11.6 Å². The van der Waals surface area contributed by atoms with Crippen LogP contribution >= 0.6 is 36.4 Å². The zero-order valence-electron chi connectivity index (χ0n) is 10.4. The highest BCUT2D eigenvalue weighted by Crippen LogP contribution is 2.29. The van der Waals surface area contributed by atoms with Crippen molar-refractivity contribution < 1.29 is 4.39 Å². The molecular weight excluding hydrogens is 310 g/mol. The lowest BCUT2D eigenvalue weighted by Gasteiger charge is -2.33. The molecule has 1 aliphatic rings. The summed E-state index contributed by atoms with van der Waals surface area (Å²) in [6.07, 6.45) is 1.87. The van der Waals surface area contributed by atoms with E-state index >= 15 is 0 Å². The Hall–Kier alpha value is -0.320. The van der Waals surface area contributed by atoms with Crippen molar-refractivity contribution in [2.75, 3.05) is 26.2 Å². The predicted molar refractivity (Wildman–Crippen MR) is 83.3 cm³/mol. The van der Waals surface area contributed by atoms with Crippen LogP contribution in [0.25, 0.3) is 0 Å². The van der Waals surface area contributed by atoms with Crippen molar-refractivity contribution >= 4 is 36.4 Å². The number of hydrogen-bond acceptors (Lipinski definition) is 2. The molecule has 0 radical (unpaired) electrons. The van der Waals surface area contributed by atoms with Crippen LogP contribution in [0, 0.1) is 5.82 Å². The first-order valence-electron chi connectivity index (χ1n) is 5.74. The smallest absolute Gasteiger partial charge is 0.124 e. The zero-order chi connectivity index (χ0) is 12.3. The average Bonchev–Trinajstić information content (AvgIpc) is 2.34. The van der Waals surface area contributed by atoms with Gasteiger partial charge in [-0.25, -0.2) is 4.39 Å². The highest BCUT2D eigenvalue weighted by atomic mass is 35.5. The Morgan fingerprint density at radius 3 is 2.47 bits per heavy atom. The Kier molecular flexibility index (Phi) is 8.62. The average molecular weight is 328 g/mol. The van der Waals surface area contributed by atoms with Crippen molar-refractivity contribution in [3.63, 3.8) is 0 Å². The minimum Gasteiger partial charge on any atom is -0.314 e. The van der Waals surface area contributed by atoms with Gasteiger partial charge in [0.25, 0.3) is 0 Å². The van der Waals surface area contributed by atoms with Crippen LogP contribution in [0.2, 0.25) is 5.02 Å². The number of halogens is 4. The second-order valence-electron chi connectivity index (χ2n) is 4.13. The van der Waals surface area contributed by atoms with Crippen LogP contribution < -0.4 is 5.32 Å². The van der Waals surface area contributed by atoms with Gasteiger partial charge >= 0.3 is 0 Å². The van der Waals surface area contributed by atoms with Crippen LogP contribution in [0.15, 0.2) is 30.9 Å². The molecule has 0 aromatic heterocycles. The van der Waals surface area contributed by atoms with Crippen molar-refractivity contribution in [2.45, 2.75) is 6.04 Å². The van der Waals surface area contributed by atoms with E-state index in [1.807, 2.05) is 6.08 Å². The van der Waals surface area contributed by atoms with Gasteiger partial charge in [0.1, 0.15) is 5.82 Å². The Bertz CT molecular complexity index is 409. The van der Waals surface area contributed by atoms with E-state index in [9.17, 15) is 4.39 Å². The van der Waals surface area contributed by atoms with Crippen LogP contribution in [-0.2, 0) is 0 Å². The molecule has 0 aliphatic carbocycles. The zero-order valence-corrected chi connectivity index (χ0v) is 12.8. The third kappa shape index (κ3) is 4.62. The molecule has 1 aromatic carbocycles. The van der Waals surface area contributed by atoms with Crippen molar-refractivity contribution in [3.05, 3.63) is 47.3 Å². The molecule has 1 atom stereocenters. The lowest BCUT2D eigenvalue weighted by Crippen LogP contribution is -2.44. The monoisotopic (exact) mass is 326 g/mol. The van der Waals surface area contributed by atoms with E-state index in [2.05, 4.69) is 16.8 Å². The Morgan fingerprint density at radius 1 is 1.32 bits per heavy atom. The Morgan fingerprint density at radius 2 is 1.95 bits per heavy atom. The summed E-state index contributed by atoms with van der Waals surface area (Å²) in [6, 6.07) is 4.60. The maximum Gasteiger partial charge on any atom is 0.124 e. The second-order valence-corrected chi connectivity index (χ2v) is 4.54. The molecule has 108 valence electrons. The molecular formula is C13H18Cl3FN2. The molecule has 0 unspecified atom stereocenters. The van der Waals surface area contributed by atoms with E-state index in [-0.39, 0.29) is 36.7 Å². The molecule has 1 aromatic rings. The molecule has 1 fully saturated rings. The standard InChI is InChI=1S/C13H16ClFN2.2ClH/c1-2-13(17-7-5-16-6-8-17)11-4-3-10(15)9-12(11)14;;/h2-4,9,13,16H,1,5-8H2;2*1H/t13-;;/m0../s1. The van der Waals surface area contributed by atoms with Crippen LogP contribution in [0.3, 0.4) is 0 Å². The van der Waals surface area contributed by atoms with E-state index in [0.717, 1.165) is 31.7 Å². The van der Waals surface area contributed by atoms with Gasteiger partial charge in [-0.3, -0.25) is 4.90 Å². The van der Waals surface area contributed by atoms with Gasteiger partial charge in [-0.2, -0.15) is 0 Å². The van der Waals surface area contributed by atoms with E-state index in [0.29, 0.717) is 5.02 Å². The summed E-state index contributed by atoms with van der Waals surface area (Å²) in [4.78, 5) is 2.29. The number of nitrogens with zero attached hydrogens (tertiary/aromatic N) is 1. The van der Waals surface area contributed by atoms with E-state index in [4.69, 9.17) is 11.6 Å². The number of rotatable bonds is 3. The fourth-order valence-electron chi connectivity index (χ4n) is 2.17. The van der Waals surface area contributed by atoms with Gasteiger partial charge in [-0.05, 0) is 17.7 Å². The maximum absolute atomic E-state index is 13.0. The van der Waals surface area contributed by atoms with Crippen molar-refractivity contribution in [2.24, 2.45) is 0 Å². The molecule has 1 heterocycles. The molecule has 6 heteroatoms. The molecule has 0 bridgehead atoms. The summed E-state index contributed by atoms with van der Waals surface area (Å²) in [7, 11) is 0. The summed E-state index contributed by atoms with van der Waals surface area (Å²) < 4.78 is 13.0. The van der Waals surface area contributed by atoms with Gasteiger partial charge in [0, 0.05) is 31.2 Å². The van der Waals surface area contributed by atoms with Crippen LogP contribution in [0.4, 0.5) is 4.39 Å². The van der Waals surface area contributed by atoms with Crippen molar-refractivity contribution in [3.8, 4) is 0 Å². The van der Waals surface area contributed by atoms with Crippen molar-refractivity contribution in [1.82, 2.24) is 10.2 Å². The largest absolute Gasteiger partial charge is 0.314 e. The van der Waals surface area contributed by atoms with E-state index in [1.165, 1.54) is 12.1 Å². The summed E-state index contributed by atoms with van der Waals surface area (Å²) in [5.41, 5.74) is 0.921. The highest BCUT2D eigenvalue weighted by Gasteiger charge is 2.21. The first kappa shape index (κ1) is 18.7. The topological polar surface area (TPSA) is 15.3 Å². The van der Waals surface area contributed by atoms with Gasteiger partial charge in [0.05, 0.1) is 6.04 Å². The normalized spacial score (nSPS) is 16.9. The fourth-order valence-corrected chi connectivity index (χ4v) is 2.45. The first-order chi connectivity index (χ1) is 8.22. The van der Waals surface area contributed by atoms with Gasteiger partial charge < -0.3 is 5.32 Å². The fraction of sp³-hybridized carbons (Fsp3) is 0.385. The van der Waals surface area contributed by atoms with Crippen LogP contribution in [-0.4, -0.2) is 31.1 Å². The van der Waals surface area contributed by atoms with Gasteiger partial charge in [0.15, 0.2) is 0 Å². The summed E-state index contributed by atoms with van der Waals surface area (Å²) in [5, 5.41) is 3.77. The molecule has 0 spiro atoms. The third-order valence-electron chi connectivity index (χ3n) is 3.05. The number of hydrogen-bond donors (Lipinski definition) is 1. The van der Waals surface area contributed by atoms with E-state index < -0.39 is 0 Å². The van der Waals surface area contributed by atoms with Crippen LogP contribution in [0.5, 0.6) is 0 Å². The minimum atomic E-state index is -0.304. The minimum absolute atomic E-state index is 0. The first-order valence-corrected chi connectivity index (χ1v) is 6.12. The Balaban J connectivity index is 0.00000162. The Labute approximate surface area is 130 Å². The molecule has 2 nitrogen and oxygen atoms in total. The van der Waals surface area contributed by atoms with Gasteiger partial charge in [-0.15, -0.1) is 31.4 Å². The third-order valence-corrected chi connectivity index (χ3v) is 3.38. The summed E-state index contributed by atoms with van der Waals surface area (Å²) in [6.45, 7) is 7.68. The maximum atomic E-state index is 13.0. The molecule has 2 rings (SSSR count). The highest BCUT2D eigenvalue weighted by molar-refractivity contribution is 6.31. The molecule has 1 N–H and O–H groups in total. The van der Waals surface area contributed by atoms with Gasteiger partial charge in [-0.1, -0.05) is 23.7 Å². The summed E-state index contributed by atoms with van der Waals surface area (Å²) >= 11 is 6.09. The lowest BCUT2D eigenvalue weighted by atomic mass is 10.0. The predicted octanol–water partition coefficient (Wildman–Crippen LogP) is 3.46. The quantitative estimate of drug-likeness (QED) is 0.855. The number of piperazine rings is 1. The molecule has 1 aliphatic heterocycles. The second kappa shape index (κ2) is 8.77. The SMILES string of the molecule is C=C[C@@H](c1ccc(F)cc1Cl)N1CCNCC1.Cl.Cl. The molecule has 19 heavy (non-hydrogen) atoms. The molecule has 1 saturated heterocycles. The molecule has 0 saturated carbocycles.